The Bertz CT molecular complexity index is 931. The molecule has 1 aromatic carbocycles. The van der Waals surface area contributed by atoms with Gasteiger partial charge in [-0.1, -0.05) is 17.7 Å². The number of nitrogens with zero attached hydrogens (tertiary/aromatic N) is 3. The fraction of sp³-hybridized carbons (Fsp3) is 0.263. The van der Waals surface area contributed by atoms with Crippen LogP contribution in [0.3, 0.4) is 0 Å². The molecule has 0 bridgehead atoms. The van der Waals surface area contributed by atoms with Crippen LogP contribution in [0.4, 0.5) is 16.8 Å². The van der Waals surface area contributed by atoms with E-state index in [2.05, 4.69) is 25.6 Å². The lowest BCUT2D eigenvalue weighted by atomic mass is 10.1. The Kier molecular flexibility index (Phi) is 5.27. The van der Waals surface area contributed by atoms with Crippen molar-refractivity contribution in [3.63, 3.8) is 0 Å². The van der Waals surface area contributed by atoms with Gasteiger partial charge in [-0.15, -0.1) is 11.3 Å². The van der Waals surface area contributed by atoms with Crippen LogP contribution in [0.15, 0.2) is 29.6 Å². The Morgan fingerprint density at radius 2 is 1.77 bits per heavy atom. The highest BCUT2D eigenvalue weighted by atomic mass is 32.1. The topological polar surface area (TPSA) is 79.8 Å². The van der Waals surface area contributed by atoms with Crippen LogP contribution in [0, 0.1) is 27.7 Å². The van der Waals surface area contributed by atoms with Gasteiger partial charge in [0.25, 0.3) is 0 Å². The lowest BCUT2D eigenvalue weighted by molar-refractivity contribution is -0.115. The first-order chi connectivity index (χ1) is 12.4. The summed E-state index contributed by atoms with van der Waals surface area (Å²) in [4.78, 5) is 25.4. The lowest BCUT2D eigenvalue weighted by Gasteiger charge is -2.08. The van der Waals surface area contributed by atoms with Crippen molar-refractivity contribution in [3.05, 3.63) is 57.9 Å². The molecule has 0 unspecified atom stereocenters. The van der Waals surface area contributed by atoms with E-state index in [1.165, 1.54) is 16.9 Å². The van der Waals surface area contributed by atoms with Crippen LogP contribution in [0.1, 0.15) is 28.2 Å². The highest BCUT2D eigenvalue weighted by molar-refractivity contribution is 7.13. The van der Waals surface area contributed by atoms with Crippen molar-refractivity contribution in [2.75, 3.05) is 10.6 Å². The summed E-state index contributed by atoms with van der Waals surface area (Å²) >= 11 is 1.43. The van der Waals surface area contributed by atoms with E-state index in [0.29, 0.717) is 16.8 Å². The van der Waals surface area contributed by atoms with Crippen LogP contribution in [-0.4, -0.2) is 20.9 Å². The Morgan fingerprint density at radius 3 is 2.46 bits per heavy atom. The standard InChI is InChI=1S/C19H21N5OS/c1-11-5-6-16(12(2)7-11)23-17(25)9-15-10-26-19(22-15)24-18-20-13(3)8-14(4)21-18/h5-8,10H,9H2,1-4H3,(H,23,25)(H,20,21,22,24). The second-order valence-electron chi connectivity index (χ2n) is 6.29. The van der Waals surface area contributed by atoms with Gasteiger partial charge in [0.1, 0.15) is 0 Å². The molecular formula is C19H21N5OS. The van der Waals surface area contributed by atoms with E-state index >= 15 is 0 Å². The average molecular weight is 367 g/mol. The first-order valence-corrected chi connectivity index (χ1v) is 9.18. The maximum absolute atomic E-state index is 12.3. The van der Waals surface area contributed by atoms with Crippen molar-refractivity contribution in [3.8, 4) is 0 Å². The SMILES string of the molecule is Cc1ccc(NC(=O)Cc2csc(Nc3nc(C)cc(C)n3)n2)c(C)c1. The van der Waals surface area contributed by atoms with Crippen LogP contribution in [0.2, 0.25) is 0 Å². The Balaban J connectivity index is 1.63. The molecular weight excluding hydrogens is 346 g/mol. The molecule has 7 heteroatoms. The normalized spacial score (nSPS) is 10.6. The van der Waals surface area contributed by atoms with Crippen molar-refractivity contribution >= 4 is 34.0 Å². The molecule has 3 aromatic rings. The molecule has 2 aromatic heterocycles. The highest BCUT2D eigenvalue weighted by Gasteiger charge is 2.10. The highest BCUT2D eigenvalue weighted by Crippen LogP contribution is 2.20. The molecule has 2 N–H and O–H groups in total. The van der Waals surface area contributed by atoms with Gasteiger partial charge in [-0.3, -0.25) is 4.79 Å². The minimum absolute atomic E-state index is 0.0866. The number of rotatable bonds is 5. The van der Waals surface area contributed by atoms with Gasteiger partial charge < -0.3 is 10.6 Å². The van der Waals surface area contributed by atoms with Crippen LogP contribution in [0.25, 0.3) is 0 Å². The summed E-state index contributed by atoms with van der Waals surface area (Å²) in [6, 6.07) is 7.87. The van der Waals surface area contributed by atoms with Gasteiger partial charge in [0.2, 0.25) is 11.9 Å². The molecule has 0 saturated heterocycles. The monoisotopic (exact) mass is 367 g/mol. The van der Waals surface area contributed by atoms with E-state index in [1.807, 2.05) is 57.3 Å². The summed E-state index contributed by atoms with van der Waals surface area (Å²) < 4.78 is 0. The second kappa shape index (κ2) is 7.61. The number of hydrogen-bond donors (Lipinski definition) is 2. The number of thiazole rings is 1. The first-order valence-electron chi connectivity index (χ1n) is 8.30. The Labute approximate surface area is 156 Å². The first kappa shape index (κ1) is 18.0. The molecule has 3 rings (SSSR count). The molecule has 0 aliphatic carbocycles. The Morgan fingerprint density at radius 1 is 1.04 bits per heavy atom. The van der Waals surface area contributed by atoms with Gasteiger partial charge in [-0.05, 0) is 45.4 Å². The van der Waals surface area contributed by atoms with E-state index in [1.54, 1.807) is 0 Å². The Hall–Kier alpha value is -2.80. The summed E-state index contributed by atoms with van der Waals surface area (Å²) in [5.41, 5.74) is 5.55. The third kappa shape index (κ3) is 4.64. The van der Waals surface area contributed by atoms with Crippen LogP contribution >= 0.6 is 11.3 Å². The van der Waals surface area contributed by atoms with Crippen molar-refractivity contribution in [2.24, 2.45) is 0 Å². The number of benzene rings is 1. The van der Waals surface area contributed by atoms with Crippen molar-refractivity contribution in [1.82, 2.24) is 15.0 Å². The number of anilines is 3. The van der Waals surface area contributed by atoms with Gasteiger partial charge in [0.15, 0.2) is 5.13 Å². The molecule has 0 aliphatic rings. The molecule has 0 aliphatic heterocycles. The largest absolute Gasteiger partial charge is 0.326 e. The number of carbonyl (C=O) groups excluding carboxylic acids is 1. The third-order valence-electron chi connectivity index (χ3n) is 3.75. The van der Waals surface area contributed by atoms with E-state index in [4.69, 9.17) is 0 Å². The third-order valence-corrected chi connectivity index (χ3v) is 4.56. The molecule has 26 heavy (non-hydrogen) atoms. The maximum atomic E-state index is 12.3. The fourth-order valence-electron chi connectivity index (χ4n) is 2.64. The zero-order valence-corrected chi connectivity index (χ0v) is 16.1. The van der Waals surface area contributed by atoms with Crippen LogP contribution < -0.4 is 10.6 Å². The molecule has 1 amide bonds. The summed E-state index contributed by atoms with van der Waals surface area (Å²) in [6.07, 6.45) is 0.221. The molecule has 0 radical (unpaired) electrons. The van der Waals surface area contributed by atoms with E-state index in [-0.39, 0.29) is 12.3 Å². The predicted octanol–water partition coefficient (Wildman–Crippen LogP) is 4.09. The molecule has 0 saturated carbocycles. The number of carbonyl (C=O) groups is 1. The molecule has 6 nitrogen and oxygen atoms in total. The zero-order valence-electron chi connectivity index (χ0n) is 15.3. The zero-order chi connectivity index (χ0) is 18.7. The molecule has 0 spiro atoms. The van der Waals surface area contributed by atoms with E-state index < -0.39 is 0 Å². The quantitative estimate of drug-likeness (QED) is 0.710. The van der Waals surface area contributed by atoms with Gasteiger partial charge in [-0.25, -0.2) is 15.0 Å². The van der Waals surface area contributed by atoms with Gasteiger partial charge in [-0.2, -0.15) is 0 Å². The van der Waals surface area contributed by atoms with Crippen molar-refractivity contribution in [1.29, 1.82) is 0 Å². The molecule has 2 heterocycles. The van der Waals surface area contributed by atoms with Crippen molar-refractivity contribution < 1.29 is 4.79 Å². The number of nitrogens with one attached hydrogen (secondary N) is 2. The number of hydrogen-bond acceptors (Lipinski definition) is 6. The van der Waals surface area contributed by atoms with E-state index in [0.717, 1.165) is 22.6 Å². The summed E-state index contributed by atoms with van der Waals surface area (Å²) in [5.74, 6) is 0.430. The predicted molar refractivity (Wildman–Crippen MR) is 105 cm³/mol. The summed E-state index contributed by atoms with van der Waals surface area (Å²) in [6.45, 7) is 7.86. The fourth-order valence-corrected chi connectivity index (χ4v) is 3.34. The number of amides is 1. The van der Waals surface area contributed by atoms with Crippen molar-refractivity contribution in [2.45, 2.75) is 34.1 Å². The second-order valence-corrected chi connectivity index (χ2v) is 7.14. The summed E-state index contributed by atoms with van der Waals surface area (Å²) in [7, 11) is 0. The minimum Gasteiger partial charge on any atom is -0.326 e. The van der Waals surface area contributed by atoms with Crippen LogP contribution in [0.5, 0.6) is 0 Å². The summed E-state index contributed by atoms with van der Waals surface area (Å²) in [5, 5.41) is 8.58. The molecule has 0 atom stereocenters. The van der Waals surface area contributed by atoms with Crippen LogP contribution in [-0.2, 0) is 11.2 Å². The van der Waals surface area contributed by atoms with Gasteiger partial charge in [0, 0.05) is 22.5 Å². The smallest absolute Gasteiger partial charge is 0.230 e. The molecule has 134 valence electrons. The number of aromatic nitrogens is 3. The average Bonchev–Trinajstić information content (AvgIpc) is 2.96. The van der Waals surface area contributed by atoms with E-state index in [9.17, 15) is 4.79 Å². The number of aryl methyl sites for hydroxylation is 4. The van der Waals surface area contributed by atoms with Gasteiger partial charge >= 0.3 is 0 Å². The minimum atomic E-state index is -0.0866. The lowest BCUT2D eigenvalue weighted by Crippen LogP contribution is -2.15. The molecule has 0 fully saturated rings. The maximum Gasteiger partial charge on any atom is 0.230 e. The van der Waals surface area contributed by atoms with Gasteiger partial charge in [0.05, 0.1) is 12.1 Å².